The van der Waals surface area contributed by atoms with E-state index >= 15 is 0 Å². The minimum Gasteiger partial charge on any atom is -0.317 e. The van der Waals surface area contributed by atoms with E-state index in [1.807, 2.05) is 0 Å². The highest BCUT2D eigenvalue weighted by molar-refractivity contribution is 6.09. The van der Waals surface area contributed by atoms with Crippen LogP contribution in [0.15, 0.2) is 18.2 Å². The first kappa shape index (κ1) is 20.9. The summed E-state index contributed by atoms with van der Waals surface area (Å²) in [7, 11) is 0. The van der Waals surface area contributed by atoms with E-state index in [9.17, 15) is 9.59 Å². The summed E-state index contributed by atoms with van der Waals surface area (Å²) in [4.78, 5) is 27.4. The molecule has 0 saturated carbocycles. The molecule has 0 bridgehead atoms. The van der Waals surface area contributed by atoms with E-state index in [0.29, 0.717) is 13.0 Å². The van der Waals surface area contributed by atoms with Gasteiger partial charge in [-0.3, -0.25) is 14.5 Å². The Bertz CT molecular complexity index is 661. The molecule has 4 nitrogen and oxygen atoms in total. The van der Waals surface area contributed by atoms with Gasteiger partial charge in [0.2, 0.25) is 11.8 Å². The van der Waals surface area contributed by atoms with Gasteiger partial charge >= 0.3 is 0 Å². The largest absolute Gasteiger partial charge is 0.317 e. The highest BCUT2D eigenvalue weighted by Gasteiger charge is 2.53. The molecule has 144 valence electrons. The lowest BCUT2D eigenvalue weighted by atomic mass is 9.68. The molecule has 1 aliphatic heterocycles. The third-order valence-corrected chi connectivity index (χ3v) is 5.65. The Morgan fingerprint density at radius 3 is 2.77 bits per heavy atom. The molecular formula is C21H31ClN2O2. The topological polar surface area (TPSA) is 49.4 Å². The van der Waals surface area contributed by atoms with E-state index in [1.54, 1.807) is 0 Å². The van der Waals surface area contributed by atoms with Gasteiger partial charge in [0.15, 0.2) is 0 Å². The molecule has 1 atom stereocenters. The number of hydrogen-bond acceptors (Lipinski definition) is 3. The van der Waals surface area contributed by atoms with Gasteiger partial charge in [0.05, 0.1) is 5.41 Å². The smallest absolute Gasteiger partial charge is 0.240 e. The third-order valence-electron chi connectivity index (χ3n) is 5.65. The van der Waals surface area contributed by atoms with Crippen LogP contribution in [0.25, 0.3) is 0 Å². The first-order valence-corrected chi connectivity index (χ1v) is 9.74. The monoisotopic (exact) mass is 378 g/mol. The molecule has 3 rings (SSSR count). The molecule has 2 amide bonds. The summed E-state index contributed by atoms with van der Waals surface area (Å²) in [6.07, 6.45) is 6.18. The lowest BCUT2D eigenvalue weighted by Gasteiger charge is -2.33. The molecule has 5 heteroatoms. The Labute approximate surface area is 163 Å². The minimum absolute atomic E-state index is 0. The van der Waals surface area contributed by atoms with Crippen molar-refractivity contribution in [3.8, 4) is 0 Å². The van der Waals surface area contributed by atoms with Crippen molar-refractivity contribution in [1.29, 1.82) is 0 Å². The van der Waals surface area contributed by atoms with Gasteiger partial charge in [-0.2, -0.15) is 0 Å². The predicted octanol–water partition coefficient (Wildman–Crippen LogP) is 3.53. The molecule has 1 spiro atoms. The van der Waals surface area contributed by atoms with Crippen LogP contribution in [0.5, 0.6) is 0 Å². The predicted molar refractivity (Wildman–Crippen MR) is 107 cm³/mol. The number of nitrogens with one attached hydrogen (secondary N) is 1. The van der Waals surface area contributed by atoms with Crippen LogP contribution in [-0.4, -0.2) is 36.3 Å². The average Bonchev–Trinajstić information content (AvgIpc) is 2.83. The molecule has 1 unspecified atom stereocenters. The highest BCUT2D eigenvalue weighted by atomic mass is 35.5. The number of rotatable bonds is 7. The number of fused-ring (bicyclic) bond motifs is 2. The van der Waals surface area contributed by atoms with Crippen molar-refractivity contribution in [1.82, 2.24) is 10.2 Å². The molecule has 1 fully saturated rings. The standard InChI is InChI=1S/C21H30N2O2.ClH/c1-3-11-22-12-4-5-13-23-19(24)15-21(20(23)25)10-6-7-17-9-8-16(2)14-18(17)21;/h8-9,14,22H,3-7,10-13,15H2,1-2H3;1H. The number of imide groups is 1. The Kier molecular flexibility index (Phi) is 7.24. The van der Waals surface area contributed by atoms with Crippen LogP contribution >= 0.6 is 12.4 Å². The summed E-state index contributed by atoms with van der Waals surface area (Å²) < 4.78 is 0. The molecule has 1 N–H and O–H groups in total. The first-order valence-electron chi connectivity index (χ1n) is 9.74. The number of unbranched alkanes of at least 4 members (excludes halogenated alkanes) is 1. The zero-order valence-corrected chi connectivity index (χ0v) is 16.8. The number of benzene rings is 1. The maximum absolute atomic E-state index is 13.2. The first-order chi connectivity index (χ1) is 12.1. The van der Waals surface area contributed by atoms with Gasteiger partial charge in [-0.1, -0.05) is 30.7 Å². The highest BCUT2D eigenvalue weighted by Crippen LogP contribution is 2.45. The minimum atomic E-state index is -0.586. The normalized spacial score (nSPS) is 21.8. The number of carbonyl (C=O) groups is 2. The van der Waals surface area contributed by atoms with Gasteiger partial charge in [0.25, 0.3) is 0 Å². The summed E-state index contributed by atoms with van der Waals surface area (Å²) in [5.41, 5.74) is 2.95. The van der Waals surface area contributed by atoms with Crippen molar-refractivity contribution in [2.45, 2.75) is 64.2 Å². The molecule has 1 aromatic rings. The summed E-state index contributed by atoms with van der Waals surface area (Å²) in [6, 6.07) is 6.39. The zero-order chi connectivity index (χ0) is 17.9. The SMILES string of the molecule is CCCNCCCCN1C(=O)CC2(CCCc3ccc(C)cc32)C1=O.Cl. The number of nitrogens with zero attached hydrogens (tertiary/aromatic N) is 1. The lowest BCUT2D eigenvalue weighted by Crippen LogP contribution is -2.41. The Hall–Kier alpha value is -1.39. The van der Waals surface area contributed by atoms with Crippen LogP contribution in [0.3, 0.4) is 0 Å². The summed E-state index contributed by atoms with van der Waals surface area (Å²) >= 11 is 0. The number of halogens is 1. The van der Waals surface area contributed by atoms with E-state index < -0.39 is 5.41 Å². The molecular weight excluding hydrogens is 348 g/mol. The fourth-order valence-electron chi connectivity index (χ4n) is 4.32. The molecule has 1 aromatic carbocycles. The maximum atomic E-state index is 13.2. The number of amides is 2. The molecule has 1 aliphatic carbocycles. The van der Waals surface area contributed by atoms with E-state index in [-0.39, 0.29) is 24.2 Å². The molecule has 2 aliphatic rings. The van der Waals surface area contributed by atoms with Gasteiger partial charge in [-0.25, -0.2) is 0 Å². The number of aryl methyl sites for hydroxylation is 2. The second-order valence-electron chi connectivity index (χ2n) is 7.58. The molecule has 0 radical (unpaired) electrons. The maximum Gasteiger partial charge on any atom is 0.240 e. The molecule has 0 aromatic heterocycles. The zero-order valence-electron chi connectivity index (χ0n) is 16.0. The van der Waals surface area contributed by atoms with E-state index in [2.05, 4.69) is 37.4 Å². The molecule has 1 saturated heterocycles. The Morgan fingerprint density at radius 2 is 2.00 bits per heavy atom. The Morgan fingerprint density at radius 1 is 1.19 bits per heavy atom. The van der Waals surface area contributed by atoms with E-state index in [4.69, 9.17) is 0 Å². The van der Waals surface area contributed by atoms with Crippen LogP contribution in [0, 0.1) is 6.92 Å². The lowest BCUT2D eigenvalue weighted by molar-refractivity contribution is -0.140. The van der Waals surface area contributed by atoms with Gasteiger partial charge in [-0.15, -0.1) is 12.4 Å². The van der Waals surface area contributed by atoms with Crippen molar-refractivity contribution < 1.29 is 9.59 Å². The second kappa shape index (κ2) is 9.01. The second-order valence-corrected chi connectivity index (χ2v) is 7.58. The van der Waals surface area contributed by atoms with E-state index in [1.165, 1.54) is 16.0 Å². The fourth-order valence-corrected chi connectivity index (χ4v) is 4.32. The number of hydrogen-bond donors (Lipinski definition) is 1. The Balaban J connectivity index is 0.00000243. The van der Waals surface area contributed by atoms with Crippen LogP contribution in [0.1, 0.15) is 62.1 Å². The number of carbonyl (C=O) groups excluding carboxylic acids is 2. The quantitative estimate of drug-likeness (QED) is 0.583. The summed E-state index contributed by atoms with van der Waals surface area (Å²) in [6.45, 7) is 6.76. The molecule has 26 heavy (non-hydrogen) atoms. The van der Waals surface area contributed by atoms with Crippen molar-refractivity contribution in [2.75, 3.05) is 19.6 Å². The average molecular weight is 379 g/mol. The van der Waals surface area contributed by atoms with Crippen LogP contribution in [0.4, 0.5) is 0 Å². The summed E-state index contributed by atoms with van der Waals surface area (Å²) in [5, 5.41) is 3.37. The number of likely N-dealkylation sites (tertiary alicyclic amines) is 1. The fraction of sp³-hybridized carbons (Fsp3) is 0.619. The van der Waals surface area contributed by atoms with Crippen molar-refractivity contribution >= 4 is 24.2 Å². The van der Waals surface area contributed by atoms with Crippen molar-refractivity contribution in [2.24, 2.45) is 0 Å². The summed E-state index contributed by atoms with van der Waals surface area (Å²) in [5.74, 6) is 0.0615. The van der Waals surface area contributed by atoms with Crippen molar-refractivity contribution in [3.05, 3.63) is 34.9 Å². The van der Waals surface area contributed by atoms with Crippen LogP contribution < -0.4 is 5.32 Å². The third kappa shape index (κ3) is 3.96. The van der Waals surface area contributed by atoms with Gasteiger partial charge in [-0.05, 0) is 69.7 Å². The van der Waals surface area contributed by atoms with Crippen LogP contribution in [0.2, 0.25) is 0 Å². The van der Waals surface area contributed by atoms with Crippen LogP contribution in [-0.2, 0) is 21.4 Å². The van der Waals surface area contributed by atoms with E-state index in [0.717, 1.165) is 57.2 Å². The van der Waals surface area contributed by atoms with Gasteiger partial charge < -0.3 is 5.32 Å². The van der Waals surface area contributed by atoms with Gasteiger partial charge in [0, 0.05) is 13.0 Å². The van der Waals surface area contributed by atoms with Gasteiger partial charge in [0.1, 0.15) is 0 Å². The molecule has 1 heterocycles. The van der Waals surface area contributed by atoms with Crippen molar-refractivity contribution in [3.63, 3.8) is 0 Å².